The number of hydrogen-bond acceptors (Lipinski definition) is 7. The molecule has 1 aromatic carbocycles. The first-order chi connectivity index (χ1) is 19.1. The molecule has 0 aromatic heterocycles. The van der Waals surface area contributed by atoms with Gasteiger partial charge in [-0.3, -0.25) is 4.79 Å². The zero-order chi connectivity index (χ0) is 27.5. The van der Waals surface area contributed by atoms with Gasteiger partial charge in [0.1, 0.15) is 11.9 Å². The van der Waals surface area contributed by atoms with E-state index in [1.807, 2.05) is 0 Å². The number of carbonyl (C=O) groups is 1. The molecule has 0 spiro atoms. The van der Waals surface area contributed by atoms with E-state index < -0.39 is 0 Å². The highest BCUT2D eigenvalue weighted by molar-refractivity contribution is 5.95. The molecule has 8 heteroatoms. The molecule has 2 heterocycles. The molecule has 1 saturated heterocycles. The van der Waals surface area contributed by atoms with E-state index in [-0.39, 0.29) is 12.0 Å². The fraction of sp³-hybridized carbons (Fsp3) is 0.581. The van der Waals surface area contributed by atoms with Crippen molar-refractivity contribution in [2.75, 3.05) is 66.6 Å². The third kappa shape index (κ3) is 8.51. The van der Waals surface area contributed by atoms with Gasteiger partial charge in [0.15, 0.2) is 11.5 Å². The van der Waals surface area contributed by atoms with E-state index >= 15 is 0 Å². The summed E-state index contributed by atoms with van der Waals surface area (Å²) in [5, 5.41) is 3.06. The minimum atomic E-state index is -0.139. The van der Waals surface area contributed by atoms with E-state index in [0.29, 0.717) is 36.0 Å². The van der Waals surface area contributed by atoms with Crippen LogP contribution >= 0.6 is 0 Å². The quantitative estimate of drug-likeness (QED) is 0.550. The lowest BCUT2D eigenvalue weighted by atomic mass is 10.0. The van der Waals surface area contributed by atoms with Crippen LogP contribution in [0.4, 0.5) is 0 Å². The van der Waals surface area contributed by atoms with Gasteiger partial charge in [-0.15, -0.1) is 0 Å². The summed E-state index contributed by atoms with van der Waals surface area (Å²) in [6, 6.07) is 3.45. The second-order valence-corrected chi connectivity index (χ2v) is 10.5. The number of benzene rings is 1. The Morgan fingerprint density at radius 2 is 1.79 bits per heavy atom. The second-order valence-electron chi connectivity index (χ2n) is 10.5. The first kappa shape index (κ1) is 29.0. The van der Waals surface area contributed by atoms with Gasteiger partial charge in [0.2, 0.25) is 5.75 Å². The van der Waals surface area contributed by atoms with Gasteiger partial charge < -0.3 is 34.1 Å². The third-order valence-corrected chi connectivity index (χ3v) is 7.70. The van der Waals surface area contributed by atoms with Crippen LogP contribution in [0.25, 0.3) is 0 Å². The van der Waals surface area contributed by atoms with Crippen LogP contribution in [0.15, 0.2) is 48.3 Å². The molecule has 0 radical (unpaired) electrons. The molecule has 0 saturated carbocycles. The number of nitrogens with zero attached hydrogens (tertiary/aromatic N) is 2. The molecular formula is C31H45N3O5. The number of allylic oxidation sites excluding steroid dienone is 4. The average Bonchev–Trinajstić information content (AvgIpc) is 3.20. The van der Waals surface area contributed by atoms with E-state index in [4.69, 9.17) is 18.9 Å². The van der Waals surface area contributed by atoms with E-state index in [1.54, 1.807) is 26.4 Å². The summed E-state index contributed by atoms with van der Waals surface area (Å²) in [5.41, 5.74) is 1.68. The van der Waals surface area contributed by atoms with Crippen LogP contribution in [0.1, 0.15) is 55.3 Å². The largest absolute Gasteiger partial charge is 0.493 e. The first-order valence-electron chi connectivity index (χ1n) is 14.4. The zero-order valence-corrected chi connectivity index (χ0v) is 23.7. The van der Waals surface area contributed by atoms with Crippen LogP contribution in [-0.4, -0.2) is 88.5 Å². The molecule has 1 amide bonds. The Labute approximate surface area is 233 Å². The lowest BCUT2D eigenvalue weighted by Gasteiger charge is -2.26. The lowest BCUT2D eigenvalue weighted by molar-refractivity contribution is 0.0869. The van der Waals surface area contributed by atoms with E-state index in [2.05, 4.69) is 39.9 Å². The highest BCUT2D eigenvalue weighted by Crippen LogP contribution is 2.38. The molecule has 3 aliphatic rings. The van der Waals surface area contributed by atoms with Crippen molar-refractivity contribution in [3.8, 4) is 17.2 Å². The molecule has 1 aliphatic carbocycles. The van der Waals surface area contributed by atoms with Gasteiger partial charge in [-0.25, -0.2) is 0 Å². The van der Waals surface area contributed by atoms with Crippen molar-refractivity contribution in [2.45, 2.75) is 51.0 Å². The average molecular weight is 540 g/mol. The van der Waals surface area contributed by atoms with Gasteiger partial charge in [-0.1, -0.05) is 24.8 Å². The highest BCUT2D eigenvalue weighted by Gasteiger charge is 2.21. The van der Waals surface area contributed by atoms with Gasteiger partial charge >= 0.3 is 0 Å². The van der Waals surface area contributed by atoms with Crippen LogP contribution in [0, 0.1) is 0 Å². The summed E-state index contributed by atoms with van der Waals surface area (Å²) >= 11 is 0. The molecule has 4 bridgehead atoms. The number of amides is 1. The minimum absolute atomic E-state index is 0.0582. The Balaban J connectivity index is 1.50. The molecule has 3 unspecified atom stereocenters. The van der Waals surface area contributed by atoms with Gasteiger partial charge in [0.25, 0.3) is 5.91 Å². The molecule has 4 rings (SSSR count). The molecule has 8 nitrogen and oxygen atoms in total. The van der Waals surface area contributed by atoms with Crippen molar-refractivity contribution < 1.29 is 23.7 Å². The fourth-order valence-electron chi connectivity index (χ4n) is 5.44. The van der Waals surface area contributed by atoms with Gasteiger partial charge in [-0.2, -0.15) is 0 Å². The van der Waals surface area contributed by atoms with Crippen molar-refractivity contribution in [1.29, 1.82) is 0 Å². The third-order valence-electron chi connectivity index (χ3n) is 7.70. The Bertz CT molecular complexity index is 1040. The molecule has 1 aromatic rings. The maximum atomic E-state index is 13.0. The second kappa shape index (κ2) is 15.0. The fourth-order valence-corrected chi connectivity index (χ4v) is 5.44. The van der Waals surface area contributed by atoms with Crippen molar-refractivity contribution in [1.82, 2.24) is 15.1 Å². The van der Waals surface area contributed by atoms with Gasteiger partial charge in [0, 0.05) is 31.7 Å². The maximum Gasteiger partial charge on any atom is 0.251 e. The van der Waals surface area contributed by atoms with Crippen LogP contribution in [-0.2, 0) is 4.74 Å². The first-order valence-corrected chi connectivity index (χ1v) is 14.4. The number of carbonyl (C=O) groups excluding carboxylic acids is 1. The van der Waals surface area contributed by atoms with Crippen molar-refractivity contribution in [3.63, 3.8) is 0 Å². The lowest BCUT2D eigenvalue weighted by Crippen LogP contribution is -2.34. The smallest absolute Gasteiger partial charge is 0.251 e. The summed E-state index contributed by atoms with van der Waals surface area (Å²) in [7, 11) is 3.15. The zero-order valence-electron chi connectivity index (χ0n) is 23.7. The number of ether oxygens (including phenoxy) is 4. The molecule has 2 aliphatic heterocycles. The molecule has 1 fully saturated rings. The Morgan fingerprint density at radius 3 is 2.54 bits per heavy atom. The van der Waals surface area contributed by atoms with Gasteiger partial charge in [0.05, 0.1) is 20.8 Å². The summed E-state index contributed by atoms with van der Waals surface area (Å²) in [4.78, 5) is 18.0. The topological polar surface area (TPSA) is 72.5 Å². The number of hydrogen-bond donors (Lipinski definition) is 1. The minimum Gasteiger partial charge on any atom is -0.493 e. The van der Waals surface area contributed by atoms with Crippen molar-refractivity contribution in [3.05, 3.63) is 53.8 Å². The summed E-state index contributed by atoms with van der Waals surface area (Å²) in [5.74, 6) is 2.13. The van der Waals surface area contributed by atoms with Gasteiger partial charge in [-0.05, 0) is 82.3 Å². The summed E-state index contributed by atoms with van der Waals surface area (Å²) in [6.07, 6.45) is 13.1. The van der Waals surface area contributed by atoms with Crippen LogP contribution in [0.3, 0.4) is 0 Å². The van der Waals surface area contributed by atoms with Crippen LogP contribution in [0.2, 0.25) is 0 Å². The number of nitrogens with one attached hydrogen (secondary N) is 1. The van der Waals surface area contributed by atoms with E-state index in [0.717, 1.165) is 90.0 Å². The number of rotatable bonds is 5. The predicted octanol–water partition coefficient (Wildman–Crippen LogP) is 4.57. The van der Waals surface area contributed by atoms with Crippen molar-refractivity contribution >= 4 is 5.91 Å². The Morgan fingerprint density at radius 1 is 1.00 bits per heavy atom. The summed E-state index contributed by atoms with van der Waals surface area (Å²) < 4.78 is 23.7. The van der Waals surface area contributed by atoms with Crippen molar-refractivity contribution in [2.24, 2.45) is 0 Å². The SMILES string of the molecule is C=C(OC1CCCOc2cc(cc(OC)c2OC)C(=O)NCCCN2CCCN(CC1)CC2)C1=CC=CCC1. The van der Waals surface area contributed by atoms with Crippen LogP contribution in [0.5, 0.6) is 17.2 Å². The molecule has 3 atom stereocenters. The Kier molecular flexibility index (Phi) is 11.2. The monoisotopic (exact) mass is 539 g/mol. The molecule has 214 valence electrons. The molecule has 39 heavy (non-hydrogen) atoms. The molecule has 1 N–H and O–H groups in total. The summed E-state index contributed by atoms with van der Waals surface area (Å²) in [6.45, 7) is 11.7. The normalized spacial score (nSPS) is 25.0. The molecular weight excluding hydrogens is 494 g/mol. The van der Waals surface area contributed by atoms with E-state index in [9.17, 15) is 4.79 Å². The predicted molar refractivity (Wildman–Crippen MR) is 154 cm³/mol. The van der Waals surface area contributed by atoms with E-state index in [1.165, 1.54) is 5.57 Å². The number of fused-ring (bicyclic) bond motifs is 5. The maximum absolute atomic E-state index is 13.0. The number of methoxy groups -OCH3 is 2. The highest BCUT2D eigenvalue weighted by atomic mass is 16.5. The standard InChI is InChI=1S/C31H45N3O5/c1-24(25-10-5-4-6-11-25)39-27-12-7-21-38-29-23-26(22-28(36-2)30(29)37-3)31(35)32-14-8-15-33-16-9-17-34(18-13-27)20-19-33/h4-5,10,22-23,27H,1,6-9,11-21H2,2-3H3,(H,32,35). The Hall–Kier alpha value is -2.97. The van der Waals surface area contributed by atoms with Crippen LogP contribution < -0.4 is 19.5 Å².